The van der Waals surface area contributed by atoms with Gasteiger partial charge in [0.05, 0.1) is 30.0 Å². The van der Waals surface area contributed by atoms with Crippen LogP contribution in [0, 0.1) is 13.8 Å². The van der Waals surface area contributed by atoms with Crippen LogP contribution < -0.4 is 14.5 Å². The van der Waals surface area contributed by atoms with E-state index < -0.39 is 17.7 Å². The summed E-state index contributed by atoms with van der Waals surface area (Å²) in [6, 6.07) is 16.8. The third-order valence-corrected chi connectivity index (χ3v) is 6.78. The Hall–Kier alpha value is -4.26. The number of hydrogen-bond acceptors (Lipinski definition) is 6. The van der Waals surface area contributed by atoms with Crippen LogP contribution in [-0.4, -0.2) is 42.1 Å². The van der Waals surface area contributed by atoms with Crippen molar-refractivity contribution in [3.63, 3.8) is 0 Å². The highest BCUT2D eigenvalue weighted by atomic mass is 16.5. The van der Waals surface area contributed by atoms with E-state index in [1.807, 2.05) is 44.2 Å². The molecule has 0 spiro atoms. The number of phenols is 1. The molecule has 0 saturated carbocycles. The number of amides is 1. The highest BCUT2D eigenvalue weighted by Gasteiger charge is 2.48. The van der Waals surface area contributed by atoms with E-state index in [0.717, 1.165) is 29.9 Å². The second-order valence-electron chi connectivity index (χ2n) is 9.13. The second kappa shape index (κ2) is 10.4. The van der Waals surface area contributed by atoms with Crippen LogP contribution in [0.3, 0.4) is 0 Å². The van der Waals surface area contributed by atoms with Crippen molar-refractivity contribution in [3.8, 4) is 11.5 Å². The number of anilines is 2. The lowest BCUT2D eigenvalue weighted by molar-refractivity contribution is -0.132. The number of ether oxygens (including phenoxy) is 1. The van der Waals surface area contributed by atoms with Crippen LogP contribution in [0.5, 0.6) is 11.5 Å². The summed E-state index contributed by atoms with van der Waals surface area (Å²) in [5.41, 5.74) is 3.76. The quantitative estimate of drug-likeness (QED) is 0.253. The average Bonchev–Trinajstić information content (AvgIpc) is 3.16. The highest BCUT2D eigenvalue weighted by molar-refractivity contribution is 6.52. The molecule has 7 nitrogen and oxygen atoms in total. The van der Waals surface area contributed by atoms with E-state index in [1.165, 1.54) is 18.1 Å². The lowest BCUT2D eigenvalue weighted by Crippen LogP contribution is -2.29. The maximum absolute atomic E-state index is 13.5. The Bertz CT molecular complexity index is 1370. The van der Waals surface area contributed by atoms with Crippen molar-refractivity contribution in [2.24, 2.45) is 0 Å². The maximum Gasteiger partial charge on any atom is 0.300 e. The van der Waals surface area contributed by atoms with Crippen molar-refractivity contribution < 1.29 is 24.5 Å². The molecule has 1 unspecified atom stereocenters. The topological polar surface area (TPSA) is 90.3 Å². The number of methoxy groups -OCH3 is 1. The van der Waals surface area contributed by atoms with Gasteiger partial charge in [0.25, 0.3) is 11.7 Å². The second-order valence-corrected chi connectivity index (χ2v) is 9.13. The maximum atomic E-state index is 13.5. The van der Waals surface area contributed by atoms with Gasteiger partial charge in [-0.25, -0.2) is 0 Å². The van der Waals surface area contributed by atoms with Gasteiger partial charge in [-0.1, -0.05) is 29.8 Å². The number of aromatic hydroxyl groups is 1. The van der Waals surface area contributed by atoms with E-state index in [1.54, 1.807) is 24.3 Å². The molecule has 1 fully saturated rings. The number of carbonyl (C=O) groups is 2. The summed E-state index contributed by atoms with van der Waals surface area (Å²) in [6.07, 6.45) is 0. The summed E-state index contributed by atoms with van der Waals surface area (Å²) in [5, 5.41) is 22.2. The van der Waals surface area contributed by atoms with Gasteiger partial charge < -0.3 is 19.8 Å². The lowest BCUT2D eigenvalue weighted by atomic mass is 9.94. The van der Waals surface area contributed by atoms with Crippen LogP contribution in [0.4, 0.5) is 11.4 Å². The Labute approximate surface area is 217 Å². The molecule has 2 N–H and O–H groups in total. The first-order valence-electron chi connectivity index (χ1n) is 12.3. The largest absolute Gasteiger partial charge is 0.507 e. The summed E-state index contributed by atoms with van der Waals surface area (Å²) in [4.78, 5) is 30.4. The van der Waals surface area contributed by atoms with E-state index in [4.69, 9.17) is 4.74 Å². The molecule has 3 aromatic carbocycles. The third-order valence-electron chi connectivity index (χ3n) is 6.78. The monoisotopic (exact) mass is 500 g/mol. The number of benzene rings is 3. The van der Waals surface area contributed by atoms with Gasteiger partial charge >= 0.3 is 0 Å². The molecule has 4 rings (SSSR count). The normalized spacial score (nSPS) is 16.8. The standard InChI is InChI=1S/C30H32N2O5/c1-6-31(7-2)21-12-10-20(11-13-21)27-26(28(34)22-16-18(3)9-15-25(22)37-5)29(35)30(36)32(27)23-17-19(4)8-14-24(23)33/h8-17,27,33-34H,6-7H2,1-5H3/b28-26+. The van der Waals surface area contributed by atoms with Gasteiger partial charge in [0.1, 0.15) is 17.3 Å². The van der Waals surface area contributed by atoms with Crippen LogP contribution in [0.25, 0.3) is 5.76 Å². The van der Waals surface area contributed by atoms with E-state index in [-0.39, 0.29) is 22.8 Å². The molecule has 1 saturated heterocycles. The summed E-state index contributed by atoms with van der Waals surface area (Å²) >= 11 is 0. The first-order chi connectivity index (χ1) is 17.7. The van der Waals surface area contributed by atoms with E-state index in [0.29, 0.717) is 16.9 Å². The van der Waals surface area contributed by atoms with Gasteiger partial charge in [0.15, 0.2) is 0 Å². The van der Waals surface area contributed by atoms with Crippen molar-refractivity contribution in [3.05, 3.63) is 88.5 Å². The number of phenolic OH excluding ortho intramolecular Hbond substituents is 1. The zero-order valence-corrected chi connectivity index (χ0v) is 21.8. The Morgan fingerprint density at radius 3 is 2.19 bits per heavy atom. The smallest absolute Gasteiger partial charge is 0.300 e. The van der Waals surface area contributed by atoms with Crippen molar-refractivity contribution in [2.45, 2.75) is 33.7 Å². The molecule has 1 aliphatic heterocycles. The number of ketones is 1. The highest BCUT2D eigenvalue weighted by Crippen LogP contribution is 2.46. The number of hydrogen-bond donors (Lipinski definition) is 2. The number of carbonyl (C=O) groups excluding carboxylic acids is 2. The van der Waals surface area contributed by atoms with Crippen LogP contribution >= 0.6 is 0 Å². The molecule has 3 aromatic rings. The number of aryl methyl sites for hydroxylation is 2. The van der Waals surface area contributed by atoms with Crippen LogP contribution in [0.1, 0.15) is 42.1 Å². The molecule has 1 amide bonds. The molecule has 0 radical (unpaired) electrons. The molecule has 0 aromatic heterocycles. The van der Waals surface area contributed by atoms with Gasteiger partial charge in [-0.2, -0.15) is 0 Å². The van der Waals surface area contributed by atoms with E-state index >= 15 is 0 Å². The molecule has 1 heterocycles. The number of nitrogens with zero attached hydrogens (tertiary/aromatic N) is 2. The zero-order chi connectivity index (χ0) is 26.9. The molecule has 1 aliphatic rings. The van der Waals surface area contributed by atoms with Crippen LogP contribution in [-0.2, 0) is 9.59 Å². The van der Waals surface area contributed by atoms with Crippen molar-refractivity contribution in [2.75, 3.05) is 30.0 Å². The minimum atomic E-state index is -0.955. The van der Waals surface area contributed by atoms with Crippen LogP contribution in [0.2, 0.25) is 0 Å². The molecule has 192 valence electrons. The molecule has 0 bridgehead atoms. The van der Waals surface area contributed by atoms with E-state index in [9.17, 15) is 19.8 Å². The third kappa shape index (κ3) is 4.65. The van der Waals surface area contributed by atoms with Crippen molar-refractivity contribution in [1.82, 2.24) is 0 Å². The van der Waals surface area contributed by atoms with Gasteiger partial charge in [0.2, 0.25) is 0 Å². The minimum absolute atomic E-state index is 0.0644. The molecular weight excluding hydrogens is 468 g/mol. The Morgan fingerprint density at radius 1 is 0.946 bits per heavy atom. The van der Waals surface area contributed by atoms with Crippen molar-refractivity contribution >= 4 is 28.8 Å². The summed E-state index contributed by atoms with van der Waals surface area (Å²) in [7, 11) is 1.48. The number of aliphatic hydroxyl groups is 1. The van der Waals surface area contributed by atoms with Crippen molar-refractivity contribution in [1.29, 1.82) is 0 Å². The molecular formula is C30H32N2O5. The number of Topliss-reactive ketones (excluding diaryl/α,β-unsaturated/α-hetero) is 1. The number of rotatable bonds is 7. The number of aliphatic hydroxyl groups excluding tert-OH is 1. The Morgan fingerprint density at radius 2 is 1.57 bits per heavy atom. The first kappa shape index (κ1) is 25.8. The first-order valence-corrected chi connectivity index (χ1v) is 12.3. The fourth-order valence-corrected chi connectivity index (χ4v) is 4.83. The summed E-state index contributed by atoms with van der Waals surface area (Å²) in [5.74, 6) is -1.74. The van der Waals surface area contributed by atoms with Gasteiger partial charge in [-0.3, -0.25) is 14.5 Å². The molecule has 37 heavy (non-hydrogen) atoms. The zero-order valence-electron chi connectivity index (χ0n) is 21.8. The van der Waals surface area contributed by atoms with Gasteiger partial charge in [-0.15, -0.1) is 0 Å². The predicted molar refractivity (Wildman–Crippen MR) is 145 cm³/mol. The predicted octanol–water partition coefficient (Wildman–Crippen LogP) is 5.49. The Kier molecular flexibility index (Phi) is 7.25. The lowest BCUT2D eigenvalue weighted by Gasteiger charge is -2.27. The van der Waals surface area contributed by atoms with E-state index in [2.05, 4.69) is 18.7 Å². The van der Waals surface area contributed by atoms with Gasteiger partial charge in [0, 0.05) is 18.8 Å². The fraction of sp³-hybridized carbons (Fsp3) is 0.267. The summed E-state index contributed by atoms with van der Waals surface area (Å²) in [6.45, 7) is 9.51. The molecule has 7 heteroatoms. The fourth-order valence-electron chi connectivity index (χ4n) is 4.83. The minimum Gasteiger partial charge on any atom is -0.507 e. The van der Waals surface area contributed by atoms with Gasteiger partial charge in [-0.05, 0) is 75.2 Å². The average molecular weight is 501 g/mol. The van der Waals surface area contributed by atoms with Crippen LogP contribution in [0.15, 0.2) is 66.2 Å². The SMILES string of the molecule is CCN(CC)c1ccc(C2/C(=C(\O)c3cc(C)ccc3OC)C(=O)C(=O)N2c2cc(C)ccc2O)cc1. The summed E-state index contributed by atoms with van der Waals surface area (Å²) < 4.78 is 5.45. The Balaban J connectivity index is 1.97. The molecule has 0 aliphatic carbocycles. The molecule has 1 atom stereocenters.